The number of amides is 1. The van der Waals surface area contributed by atoms with Crippen LogP contribution in [0.25, 0.3) is 0 Å². The second-order valence-electron chi connectivity index (χ2n) is 5.76. The van der Waals surface area contributed by atoms with Crippen molar-refractivity contribution >= 4 is 17.5 Å². The highest BCUT2D eigenvalue weighted by atomic mass is 35.5. The van der Waals surface area contributed by atoms with Crippen LogP contribution in [0.2, 0.25) is 5.02 Å². The molecular weight excluding hydrogens is 319 g/mol. The van der Waals surface area contributed by atoms with Gasteiger partial charge in [-0.15, -0.1) is 10.2 Å². The number of halogens is 2. The second-order valence-corrected chi connectivity index (χ2v) is 6.17. The summed E-state index contributed by atoms with van der Waals surface area (Å²) in [5.74, 6) is -0.247. The van der Waals surface area contributed by atoms with Gasteiger partial charge in [0.2, 0.25) is 0 Å². The number of hydrogen-bond acceptors (Lipinski definition) is 3. The first-order chi connectivity index (χ1) is 11.1. The Morgan fingerprint density at radius 1 is 1.35 bits per heavy atom. The van der Waals surface area contributed by atoms with Crippen LogP contribution >= 0.6 is 11.6 Å². The Bertz CT molecular complexity index is 697. The van der Waals surface area contributed by atoms with E-state index in [-0.39, 0.29) is 23.0 Å². The van der Waals surface area contributed by atoms with Crippen molar-refractivity contribution in [3.8, 4) is 0 Å². The van der Waals surface area contributed by atoms with E-state index >= 15 is 0 Å². The summed E-state index contributed by atoms with van der Waals surface area (Å²) in [7, 11) is 0. The quantitative estimate of drug-likeness (QED) is 0.929. The number of rotatable bonds is 4. The number of benzene rings is 1. The number of carbonyl (C=O) groups is 1. The molecule has 1 aromatic heterocycles. The van der Waals surface area contributed by atoms with Gasteiger partial charge in [-0.3, -0.25) is 4.79 Å². The molecule has 1 aromatic carbocycles. The molecule has 1 fully saturated rings. The average molecular weight is 337 g/mol. The maximum atomic E-state index is 13.4. The Labute approximate surface area is 138 Å². The van der Waals surface area contributed by atoms with Crippen molar-refractivity contribution < 1.29 is 9.18 Å². The van der Waals surface area contributed by atoms with Gasteiger partial charge >= 0.3 is 0 Å². The highest BCUT2D eigenvalue weighted by Crippen LogP contribution is 2.28. The van der Waals surface area contributed by atoms with E-state index in [1.54, 1.807) is 6.33 Å². The summed E-state index contributed by atoms with van der Waals surface area (Å²) in [6.45, 7) is 0.263. The molecule has 0 atom stereocenters. The fourth-order valence-electron chi connectivity index (χ4n) is 2.96. The molecule has 23 heavy (non-hydrogen) atoms. The van der Waals surface area contributed by atoms with Gasteiger partial charge in [0, 0.05) is 11.6 Å². The Balaban J connectivity index is 1.65. The second kappa shape index (κ2) is 7.08. The third-order valence-electron chi connectivity index (χ3n) is 4.20. The molecule has 5 nitrogen and oxygen atoms in total. The normalized spacial score (nSPS) is 15.6. The van der Waals surface area contributed by atoms with Crippen molar-refractivity contribution in [2.24, 2.45) is 0 Å². The standard InChI is InChI=1S/C16H18ClFN4O/c17-13-7-6-11(8-14(13)18)16(23)19-9-15-21-20-10-22(15)12-4-2-1-3-5-12/h6-8,10,12H,1-5,9H2,(H,19,23). The molecule has 1 saturated carbocycles. The fraction of sp³-hybridized carbons (Fsp3) is 0.438. The molecule has 1 aliphatic carbocycles. The highest BCUT2D eigenvalue weighted by Gasteiger charge is 2.19. The lowest BCUT2D eigenvalue weighted by atomic mass is 9.95. The van der Waals surface area contributed by atoms with Gasteiger partial charge in [0.1, 0.15) is 12.1 Å². The van der Waals surface area contributed by atoms with E-state index in [2.05, 4.69) is 15.5 Å². The van der Waals surface area contributed by atoms with E-state index in [1.165, 1.54) is 31.4 Å². The molecule has 1 amide bonds. The number of aromatic nitrogens is 3. The van der Waals surface area contributed by atoms with E-state index in [9.17, 15) is 9.18 Å². The Hall–Kier alpha value is -1.95. The molecular formula is C16H18ClFN4O. The maximum absolute atomic E-state index is 13.4. The minimum Gasteiger partial charge on any atom is -0.345 e. The van der Waals surface area contributed by atoms with E-state index in [1.807, 2.05) is 4.57 Å². The van der Waals surface area contributed by atoms with E-state index in [4.69, 9.17) is 11.6 Å². The molecule has 1 aliphatic rings. The molecule has 1 N–H and O–H groups in total. The highest BCUT2D eigenvalue weighted by molar-refractivity contribution is 6.30. The number of nitrogens with one attached hydrogen (secondary N) is 1. The first-order valence-corrected chi connectivity index (χ1v) is 8.14. The van der Waals surface area contributed by atoms with Crippen LogP contribution in [0.3, 0.4) is 0 Å². The summed E-state index contributed by atoms with van der Waals surface area (Å²) >= 11 is 5.62. The van der Waals surface area contributed by atoms with Crippen LogP contribution in [-0.2, 0) is 6.54 Å². The van der Waals surface area contributed by atoms with Gasteiger partial charge in [-0.2, -0.15) is 0 Å². The predicted octanol–water partition coefficient (Wildman–Crippen LogP) is 3.51. The lowest BCUT2D eigenvalue weighted by Gasteiger charge is -2.24. The van der Waals surface area contributed by atoms with Gasteiger partial charge in [-0.25, -0.2) is 4.39 Å². The zero-order valence-electron chi connectivity index (χ0n) is 12.6. The molecule has 0 bridgehead atoms. The van der Waals surface area contributed by atoms with Crippen LogP contribution in [0.4, 0.5) is 4.39 Å². The molecule has 3 rings (SSSR count). The largest absolute Gasteiger partial charge is 0.345 e. The van der Waals surface area contributed by atoms with Gasteiger partial charge in [-0.1, -0.05) is 30.9 Å². The van der Waals surface area contributed by atoms with Gasteiger partial charge in [0.15, 0.2) is 5.82 Å². The summed E-state index contributed by atoms with van der Waals surface area (Å²) in [6, 6.07) is 4.39. The third-order valence-corrected chi connectivity index (χ3v) is 4.51. The van der Waals surface area contributed by atoms with Crippen LogP contribution in [0.15, 0.2) is 24.5 Å². The minimum absolute atomic E-state index is 0.00130. The lowest BCUT2D eigenvalue weighted by Crippen LogP contribution is -2.26. The monoisotopic (exact) mass is 336 g/mol. The van der Waals surface area contributed by atoms with Crippen molar-refractivity contribution in [2.75, 3.05) is 0 Å². The van der Waals surface area contributed by atoms with Crippen molar-refractivity contribution in [3.05, 3.63) is 46.8 Å². The molecule has 1 heterocycles. The number of nitrogens with zero attached hydrogens (tertiary/aromatic N) is 3. The van der Waals surface area contributed by atoms with Gasteiger partial charge in [0.25, 0.3) is 5.91 Å². The number of hydrogen-bond donors (Lipinski definition) is 1. The first-order valence-electron chi connectivity index (χ1n) is 7.77. The van der Waals surface area contributed by atoms with Crippen molar-refractivity contribution in [3.63, 3.8) is 0 Å². The molecule has 0 aliphatic heterocycles. The van der Waals surface area contributed by atoms with Gasteiger partial charge in [0.05, 0.1) is 11.6 Å². The zero-order chi connectivity index (χ0) is 16.2. The van der Waals surface area contributed by atoms with E-state index in [0.29, 0.717) is 6.04 Å². The third kappa shape index (κ3) is 3.69. The van der Waals surface area contributed by atoms with Crippen molar-refractivity contribution in [1.82, 2.24) is 20.1 Å². The summed E-state index contributed by atoms with van der Waals surface area (Å²) in [6.07, 6.45) is 7.63. The Morgan fingerprint density at radius 3 is 2.87 bits per heavy atom. The van der Waals surface area contributed by atoms with Crippen molar-refractivity contribution in [1.29, 1.82) is 0 Å². The van der Waals surface area contributed by atoms with Crippen LogP contribution < -0.4 is 5.32 Å². The number of carbonyl (C=O) groups excluding carboxylic acids is 1. The summed E-state index contributed by atoms with van der Waals surface area (Å²) in [5, 5.41) is 10.8. The molecule has 0 unspecified atom stereocenters. The van der Waals surface area contributed by atoms with Gasteiger partial charge < -0.3 is 9.88 Å². The van der Waals surface area contributed by atoms with Crippen LogP contribution in [0.1, 0.15) is 54.3 Å². The smallest absolute Gasteiger partial charge is 0.251 e. The maximum Gasteiger partial charge on any atom is 0.251 e. The lowest BCUT2D eigenvalue weighted by molar-refractivity contribution is 0.0948. The summed E-state index contributed by atoms with van der Waals surface area (Å²) in [5.41, 5.74) is 0.232. The summed E-state index contributed by atoms with van der Waals surface area (Å²) < 4.78 is 15.5. The van der Waals surface area contributed by atoms with E-state index < -0.39 is 5.82 Å². The van der Waals surface area contributed by atoms with E-state index in [0.717, 1.165) is 24.7 Å². The molecule has 122 valence electrons. The molecule has 2 aromatic rings. The van der Waals surface area contributed by atoms with Crippen LogP contribution in [-0.4, -0.2) is 20.7 Å². The van der Waals surface area contributed by atoms with Crippen LogP contribution in [0.5, 0.6) is 0 Å². The first kappa shape index (κ1) is 15.9. The topological polar surface area (TPSA) is 59.8 Å². The SMILES string of the molecule is O=C(NCc1nncn1C1CCCCC1)c1ccc(Cl)c(F)c1. The average Bonchev–Trinajstić information content (AvgIpc) is 3.04. The zero-order valence-corrected chi connectivity index (χ0v) is 13.4. The molecule has 7 heteroatoms. The van der Waals surface area contributed by atoms with Crippen molar-refractivity contribution in [2.45, 2.75) is 44.7 Å². The molecule has 0 saturated heterocycles. The molecule has 0 radical (unpaired) electrons. The predicted molar refractivity (Wildman–Crippen MR) is 84.7 cm³/mol. The minimum atomic E-state index is -0.607. The van der Waals surface area contributed by atoms with Gasteiger partial charge in [-0.05, 0) is 31.0 Å². The Morgan fingerprint density at radius 2 is 2.13 bits per heavy atom. The van der Waals surface area contributed by atoms with Crippen LogP contribution in [0, 0.1) is 5.82 Å². The summed E-state index contributed by atoms with van der Waals surface area (Å²) in [4.78, 5) is 12.1. The Kier molecular flexibility index (Phi) is 4.91. The molecule has 0 spiro atoms. The fourth-order valence-corrected chi connectivity index (χ4v) is 3.07.